The second-order valence-corrected chi connectivity index (χ2v) is 6.57. The molecule has 0 saturated heterocycles. The molecule has 0 aliphatic carbocycles. The van der Waals surface area contributed by atoms with E-state index in [0.29, 0.717) is 18.6 Å². The fourth-order valence-corrected chi connectivity index (χ4v) is 2.83. The number of rotatable bonds is 6. The number of halogens is 2. The van der Waals surface area contributed by atoms with Gasteiger partial charge < -0.3 is 4.74 Å². The molecule has 0 aromatic heterocycles. The summed E-state index contributed by atoms with van der Waals surface area (Å²) in [5.41, 5.74) is 3.89. The van der Waals surface area contributed by atoms with Gasteiger partial charge in [-0.15, -0.1) is 6.58 Å². The largest absolute Gasteiger partial charge is 0.493 e. The molecule has 29 heavy (non-hydrogen) atoms. The molecule has 3 aromatic carbocycles. The molecule has 0 fully saturated rings. The summed E-state index contributed by atoms with van der Waals surface area (Å²) >= 11 is 0. The monoisotopic (exact) mass is 388 g/mol. The number of ether oxygens (including phenoxy) is 1. The van der Waals surface area contributed by atoms with Crippen molar-refractivity contribution in [2.24, 2.45) is 0 Å². The molecule has 0 spiro atoms. The number of aryl methyl sites for hydroxylation is 1. The highest BCUT2D eigenvalue weighted by atomic mass is 19.1. The Hall–Kier alpha value is -3.38. The summed E-state index contributed by atoms with van der Waals surface area (Å²) in [6.07, 6.45) is 3.28. The molecule has 0 radical (unpaired) electrons. The summed E-state index contributed by atoms with van der Waals surface area (Å²) in [6, 6.07) is 18.3. The van der Waals surface area contributed by atoms with Crippen LogP contribution in [-0.2, 0) is 6.42 Å². The zero-order valence-electron chi connectivity index (χ0n) is 16.3. The molecule has 1 nitrogen and oxygen atoms in total. The molecule has 0 heterocycles. The Labute approximate surface area is 170 Å². The molecular formula is C26H22F2O. The first-order chi connectivity index (χ1) is 14.1. The van der Waals surface area contributed by atoms with Gasteiger partial charge in [0.25, 0.3) is 0 Å². The van der Waals surface area contributed by atoms with Gasteiger partial charge in [-0.25, -0.2) is 8.78 Å². The van der Waals surface area contributed by atoms with Crippen LogP contribution in [-0.4, -0.2) is 6.61 Å². The predicted octanol–water partition coefficient (Wildman–Crippen LogP) is 6.55. The Morgan fingerprint density at radius 2 is 1.48 bits per heavy atom. The minimum Gasteiger partial charge on any atom is -0.493 e. The first-order valence-corrected chi connectivity index (χ1v) is 9.55. The molecule has 146 valence electrons. The van der Waals surface area contributed by atoms with E-state index in [0.717, 1.165) is 29.7 Å². The molecule has 0 saturated carbocycles. The SMILES string of the molecule is C=CCCOc1cc(F)c(C#Cc2ccc(-c3ccc(CC)cc3)cc2)c(F)c1. The molecule has 0 atom stereocenters. The fourth-order valence-electron chi connectivity index (χ4n) is 2.83. The van der Waals surface area contributed by atoms with E-state index < -0.39 is 11.6 Å². The van der Waals surface area contributed by atoms with Crippen molar-refractivity contribution in [3.05, 3.63) is 102 Å². The van der Waals surface area contributed by atoms with E-state index in [1.807, 2.05) is 24.3 Å². The maximum absolute atomic E-state index is 14.2. The van der Waals surface area contributed by atoms with Gasteiger partial charge >= 0.3 is 0 Å². The molecule has 3 rings (SSSR count). The van der Waals surface area contributed by atoms with E-state index in [2.05, 4.69) is 49.6 Å². The van der Waals surface area contributed by atoms with Crippen LogP contribution in [0.2, 0.25) is 0 Å². The predicted molar refractivity (Wildman–Crippen MR) is 114 cm³/mol. The summed E-state index contributed by atoms with van der Waals surface area (Å²) in [4.78, 5) is 0. The maximum atomic E-state index is 14.2. The van der Waals surface area contributed by atoms with Crippen LogP contribution < -0.4 is 4.74 Å². The molecular weight excluding hydrogens is 366 g/mol. The van der Waals surface area contributed by atoms with Gasteiger partial charge in [-0.3, -0.25) is 0 Å². The zero-order valence-corrected chi connectivity index (χ0v) is 16.3. The first kappa shape index (κ1) is 20.4. The van der Waals surface area contributed by atoms with Crippen LogP contribution in [0, 0.1) is 23.5 Å². The lowest BCUT2D eigenvalue weighted by atomic mass is 10.0. The van der Waals surface area contributed by atoms with E-state index in [-0.39, 0.29) is 11.3 Å². The van der Waals surface area contributed by atoms with Gasteiger partial charge in [0.05, 0.1) is 12.2 Å². The van der Waals surface area contributed by atoms with Crippen molar-refractivity contribution < 1.29 is 13.5 Å². The van der Waals surface area contributed by atoms with Gasteiger partial charge in [0.15, 0.2) is 0 Å². The standard InChI is InChI=1S/C26H22F2O/c1-3-5-16-29-23-17-25(27)24(26(28)18-23)15-10-20-8-13-22(14-9-20)21-11-6-19(4-2)7-12-21/h3,6-9,11-14,17-18H,1,4-5,16H2,2H3. The van der Waals surface area contributed by atoms with E-state index in [4.69, 9.17) is 4.74 Å². The third kappa shape index (κ3) is 5.33. The smallest absolute Gasteiger partial charge is 0.145 e. The average Bonchev–Trinajstić information content (AvgIpc) is 2.74. The topological polar surface area (TPSA) is 9.23 Å². The molecule has 0 aliphatic rings. The third-order valence-corrected chi connectivity index (χ3v) is 4.52. The molecule has 0 amide bonds. The number of benzene rings is 3. The van der Waals surface area contributed by atoms with Gasteiger partial charge in [0, 0.05) is 17.7 Å². The fraction of sp³-hybridized carbons (Fsp3) is 0.154. The highest BCUT2D eigenvalue weighted by Crippen LogP contribution is 2.22. The average molecular weight is 388 g/mol. The summed E-state index contributed by atoms with van der Waals surface area (Å²) < 4.78 is 33.8. The Morgan fingerprint density at radius 1 is 0.897 bits per heavy atom. The second-order valence-electron chi connectivity index (χ2n) is 6.57. The van der Waals surface area contributed by atoms with Gasteiger partial charge in [-0.1, -0.05) is 61.2 Å². The molecule has 0 bridgehead atoms. The van der Waals surface area contributed by atoms with E-state index in [1.165, 1.54) is 5.56 Å². The quantitative estimate of drug-likeness (QED) is 0.264. The van der Waals surface area contributed by atoms with Crippen molar-refractivity contribution in [2.45, 2.75) is 19.8 Å². The van der Waals surface area contributed by atoms with Crippen molar-refractivity contribution in [2.75, 3.05) is 6.61 Å². The molecule has 0 unspecified atom stereocenters. The van der Waals surface area contributed by atoms with Crippen molar-refractivity contribution in [3.63, 3.8) is 0 Å². The summed E-state index contributed by atoms with van der Waals surface area (Å²) in [5.74, 6) is 4.09. The first-order valence-electron chi connectivity index (χ1n) is 9.55. The van der Waals surface area contributed by atoms with Crippen LogP contribution in [0.3, 0.4) is 0 Å². The van der Waals surface area contributed by atoms with Crippen molar-refractivity contribution in [1.82, 2.24) is 0 Å². The minimum absolute atomic E-state index is 0.144. The zero-order chi connectivity index (χ0) is 20.6. The Morgan fingerprint density at radius 3 is 2.03 bits per heavy atom. The lowest BCUT2D eigenvalue weighted by molar-refractivity contribution is 0.321. The lowest BCUT2D eigenvalue weighted by Crippen LogP contribution is -1.99. The van der Waals surface area contributed by atoms with Gasteiger partial charge in [-0.05, 0) is 41.7 Å². The number of hydrogen-bond acceptors (Lipinski definition) is 1. The van der Waals surface area contributed by atoms with Gasteiger partial charge in [0.2, 0.25) is 0 Å². The lowest BCUT2D eigenvalue weighted by Gasteiger charge is -2.06. The van der Waals surface area contributed by atoms with Crippen LogP contribution in [0.25, 0.3) is 11.1 Å². The second kappa shape index (κ2) is 9.71. The summed E-state index contributed by atoms with van der Waals surface area (Å²) in [6.45, 7) is 6.02. The Balaban J connectivity index is 1.76. The maximum Gasteiger partial charge on any atom is 0.145 e. The van der Waals surface area contributed by atoms with E-state index in [1.54, 1.807) is 6.08 Å². The molecule has 3 heteroatoms. The highest BCUT2D eigenvalue weighted by Gasteiger charge is 2.10. The van der Waals surface area contributed by atoms with E-state index >= 15 is 0 Å². The Bertz CT molecular complexity index is 1020. The van der Waals surface area contributed by atoms with Crippen LogP contribution in [0.4, 0.5) is 8.78 Å². The summed E-state index contributed by atoms with van der Waals surface area (Å²) in [5, 5.41) is 0. The minimum atomic E-state index is -0.737. The molecule has 0 aliphatic heterocycles. The van der Waals surface area contributed by atoms with Crippen LogP contribution in [0.1, 0.15) is 30.0 Å². The van der Waals surface area contributed by atoms with Crippen molar-refractivity contribution >= 4 is 0 Å². The Kier molecular flexibility index (Phi) is 6.81. The normalized spacial score (nSPS) is 10.2. The molecule has 0 N–H and O–H groups in total. The molecule has 3 aromatic rings. The summed E-state index contributed by atoms with van der Waals surface area (Å²) in [7, 11) is 0. The van der Waals surface area contributed by atoms with Crippen LogP contribution in [0.5, 0.6) is 5.75 Å². The van der Waals surface area contributed by atoms with Gasteiger partial charge in [-0.2, -0.15) is 0 Å². The van der Waals surface area contributed by atoms with Gasteiger partial charge in [0.1, 0.15) is 17.4 Å². The van der Waals surface area contributed by atoms with Crippen molar-refractivity contribution in [3.8, 4) is 28.7 Å². The number of hydrogen-bond donors (Lipinski definition) is 0. The van der Waals surface area contributed by atoms with Crippen LogP contribution in [0.15, 0.2) is 73.3 Å². The third-order valence-electron chi connectivity index (χ3n) is 4.52. The van der Waals surface area contributed by atoms with E-state index in [9.17, 15) is 8.78 Å². The highest BCUT2D eigenvalue weighted by molar-refractivity contribution is 5.64. The van der Waals surface area contributed by atoms with Crippen molar-refractivity contribution in [1.29, 1.82) is 0 Å². The van der Waals surface area contributed by atoms with Crippen LogP contribution >= 0.6 is 0 Å².